The number of anilines is 6. The van der Waals surface area contributed by atoms with Crippen molar-refractivity contribution in [2.75, 3.05) is 9.80 Å². The molecule has 4 heteroatoms. The van der Waals surface area contributed by atoms with Crippen LogP contribution in [0.15, 0.2) is 227 Å². The number of fused-ring (bicyclic) bond motifs is 7. The van der Waals surface area contributed by atoms with Crippen molar-refractivity contribution >= 4 is 88.8 Å². The molecule has 0 unspecified atom stereocenters. The molecule has 0 amide bonds. The third kappa shape index (κ3) is 7.86. The van der Waals surface area contributed by atoms with Crippen molar-refractivity contribution in [2.24, 2.45) is 0 Å². The van der Waals surface area contributed by atoms with Crippen molar-refractivity contribution in [3.63, 3.8) is 0 Å². The minimum Gasteiger partial charge on any atom is -0.456 e. The molecule has 0 saturated carbocycles. The van der Waals surface area contributed by atoms with E-state index in [2.05, 4.69) is 270 Å². The van der Waals surface area contributed by atoms with Gasteiger partial charge in [0.2, 0.25) is 0 Å². The standard InChI is InChI=1S/C66H54N2O2/c1-65(2,3)49-24-30-53(31-25-49)67(51-26-20-45(21-27-51)43-14-9-7-10-15-43)55-32-34-57-59-36-47-39-62-60(37-48(47)38-61(59)69-63(57)41-55)58-35-33-56(42-64(58)70-62)68(54-19-13-18-50(40-54)66(4,5)6)52-28-22-46(23-29-52)44-16-11-8-12-17-44/h7-42H,1-6H3. The average molecular weight is 907 g/mol. The van der Waals surface area contributed by atoms with E-state index >= 15 is 0 Å². The highest BCUT2D eigenvalue weighted by Crippen LogP contribution is 2.44. The smallest absolute Gasteiger partial charge is 0.137 e. The second-order valence-corrected chi connectivity index (χ2v) is 20.7. The maximum atomic E-state index is 6.79. The van der Waals surface area contributed by atoms with Crippen molar-refractivity contribution in [1.82, 2.24) is 0 Å². The molecular formula is C66H54N2O2. The van der Waals surface area contributed by atoms with E-state index in [1.165, 1.54) is 33.4 Å². The number of benzene rings is 10. The predicted molar refractivity (Wildman–Crippen MR) is 296 cm³/mol. The van der Waals surface area contributed by atoms with Crippen LogP contribution in [0.2, 0.25) is 0 Å². The molecule has 0 bridgehead atoms. The van der Waals surface area contributed by atoms with Gasteiger partial charge in [0.15, 0.2) is 0 Å². The van der Waals surface area contributed by atoms with Crippen LogP contribution in [0.1, 0.15) is 52.7 Å². The summed E-state index contributed by atoms with van der Waals surface area (Å²) in [7, 11) is 0. The minimum atomic E-state index is -0.00301. The SMILES string of the molecule is CC(C)(C)c1ccc(N(c2ccc(-c3ccccc3)cc2)c2ccc3c(c2)oc2cc4cc5c(cc4cc23)oc2cc(N(c3ccc(-c4ccccc4)cc3)c3cccc(C(C)(C)C)c3)ccc25)cc1. The van der Waals surface area contributed by atoms with Crippen molar-refractivity contribution in [1.29, 1.82) is 0 Å². The molecule has 0 saturated heterocycles. The zero-order chi connectivity index (χ0) is 47.7. The first kappa shape index (κ1) is 43.0. The lowest BCUT2D eigenvalue weighted by atomic mass is 9.87. The van der Waals surface area contributed by atoms with Crippen molar-refractivity contribution < 1.29 is 8.83 Å². The van der Waals surface area contributed by atoms with Crippen molar-refractivity contribution in [2.45, 2.75) is 52.4 Å². The summed E-state index contributed by atoms with van der Waals surface area (Å²) >= 11 is 0. The number of rotatable bonds is 8. The summed E-state index contributed by atoms with van der Waals surface area (Å²) in [6.45, 7) is 13.6. The molecule has 0 N–H and O–H groups in total. The van der Waals surface area contributed by atoms with Crippen LogP contribution in [0, 0.1) is 0 Å². The second-order valence-electron chi connectivity index (χ2n) is 20.7. The van der Waals surface area contributed by atoms with E-state index in [4.69, 9.17) is 8.83 Å². The van der Waals surface area contributed by atoms with E-state index in [1.54, 1.807) is 0 Å². The largest absolute Gasteiger partial charge is 0.456 e. The van der Waals surface area contributed by atoms with Crippen molar-refractivity contribution in [3.8, 4) is 22.3 Å². The molecule has 12 rings (SSSR count). The van der Waals surface area contributed by atoms with E-state index in [-0.39, 0.29) is 10.8 Å². The Kier molecular flexibility index (Phi) is 10.3. The maximum Gasteiger partial charge on any atom is 0.137 e. The van der Waals surface area contributed by atoms with Gasteiger partial charge in [0.05, 0.1) is 0 Å². The van der Waals surface area contributed by atoms with Gasteiger partial charge in [0.25, 0.3) is 0 Å². The van der Waals surface area contributed by atoms with Gasteiger partial charge in [-0.2, -0.15) is 0 Å². The first-order valence-corrected chi connectivity index (χ1v) is 24.3. The molecule has 0 aliphatic rings. The molecule has 4 nitrogen and oxygen atoms in total. The highest BCUT2D eigenvalue weighted by Gasteiger charge is 2.22. The van der Waals surface area contributed by atoms with E-state index in [0.717, 1.165) is 88.8 Å². The Balaban J connectivity index is 0.921. The van der Waals surface area contributed by atoms with Gasteiger partial charge in [-0.05, 0) is 152 Å². The fourth-order valence-corrected chi connectivity index (χ4v) is 10.0. The van der Waals surface area contributed by atoms with Crippen LogP contribution < -0.4 is 9.80 Å². The summed E-state index contributed by atoms with van der Waals surface area (Å²) in [6.07, 6.45) is 0. The van der Waals surface area contributed by atoms with Gasteiger partial charge >= 0.3 is 0 Å². The van der Waals surface area contributed by atoms with Crippen molar-refractivity contribution in [3.05, 3.63) is 230 Å². The van der Waals surface area contributed by atoms with Gasteiger partial charge in [-0.15, -0.1) is 0 Å². The number of hydrogen-bond donors (Lipinski definition) is 0. The number of nitrogens with zero attached hydrogens (tertiary/aromatic N) is 2. The Morgan fingerprint density at radius 3 is 1.09 bits per heavy atom. The fraction of sp³-hybridized carbons (Fsp3) is 0.121. The molecule has 70 heavy (non-hydrogen) atoms. The predicted octanol–water partition coefficient (Wildman–Crippen LogP) is 19.5. The number of furan rings is 2. The molecular weight excluding hydrogens is 853 g/mol. The van der Waals surface area contributed by atoms with Crippen LogP contribution in [-0.2, 0) is 10.8 Å². The molecule has 10 aromatic carbocycles. The van der Waals surface area contributed by atoms with Gasteiger partial charge in [-0.25, -0.2) is 0 Å². The molecule has 0 atom stereocenters. The fourth-order valence-electron chi connectivity index (χ4n) is 10.0. The quantitative estimate of drug-likeness (QED) is 0.152. The summed E-state index contributed by atoms with van der Waals surface area (Å²) in [5.41, 5.74) is 17.2. The zero-order valence-electron chi connectivity index (χ0n) is 40.5. The second kappa shape index (κ2) is 16.7. The van der Waals surface area contributed by atoms with Gasteiger partial charge < -0.3 is 18.6 Å². The molecule has 12 aromatic rings. The van der Waals surface area contributed by atoms with E-state index in [1.807, 2.05) is 0 Å². The molecule has 2 aromatic heterocycles. The molecule has 340 valence electrons. The normalized spacial score (nSPS) is 12.1. The lowest BCUT2D eigenvalue weighted by Crippen LogP contribution is -2.14. The summed E-state index contributed by atoms with van der Waals surface area (Å²) in [5.74, 6) is 0. The summed E-state index contributed by atoms with van der Waals surface area (Å²) in [6, 6.07) is 78.7. The zero-order valence-corrected chi connectivity index (χ0v) is 40.5. The van der Waals surface area contributed by atoms with E-state index in [9.17, 15) is 0 Å². The summed E-state index contributed by atoms with van der Waals surface area (Å²) in [4.78, 5) is 4.65. The Morgan fingerprint density at radius 2 is 0.643 bits per heavy atom. The highest BCUT2D eigenvalue weighted by atomic mass is 16.3. The first-order valence-electron chi connectivity index (χ1n) is 24.3. The number of hydrogen-bond acceptors (Lipinski definition) is 4. The molecule has 0 aliphatic carbocycles. The average Bonchev–Trinajstić information content (AvgIpc) is 3.92. The van der Waals surface area contributed by atoms with Crippen LogP contribution in [0.25, 0.3) is 76.9 Å². The van der Waals surface area contributed by atoms with Crippen LogP contribution in [0.4, 0.5) is 34.1 Å². The topological polar surface area (TPSA) is 32.8 Å². The maximum absolute atomic E-state index is 6.79. The van der Waals surface area contributed by atoms with Gasteiger partial charge in [0.1, 0.15) is 22.3 Å². The monoisotopic (exact) mass is 906 g/mol. The molecule has 0 fully saturated rings. The van der Waals surface area contributed by atoms with Crippen LogP contribution in [0.5, 0.6) is 0 Å². The minimum absolute atomic E-state index is 0.00301. The summed E-state index contributed by atoms with van der Waals surface area (Å²) < 4.78 is 13.6. The molecule has 2 heterocycles. The van der Waals surface area contributed by atoms with Gasteiger partial charge in [-0.3, -0.25) is 0 Å². The van der Waals surface area contributed by atoms with E-state index < -0.39 is 0 Å². The third-order valence-electron chi connectivity index (χ3n) is 13.9. The Bertz CT molecular complexity index is 3870. The van der Waals surface area contributed by atoms with Crippen LogP contribution in [-0.4, -0.2) is 0 Å². The Hall–Kier alpha value is -8.34. The molecule has 0 spiro atoms. The molecule has 0 aliphatic heterocycles. The Morgan fingerprint density at radius 1 is 0.271 bits per heavy atom. The summed E-state index contributed by atoms with van der Waals surface area (Å²) in [5, 5.41) is 6.50. The third-order valence-corrected chi connectivity index (χ3v) is 13.9. The first-order chi connectivity index (χ1) is 33.9. The Labute approximate surface area is 409 Å². The lowest BCUT2D eigenvalue weighted by molar-refractivity contribution is 0.590. The van der Waals surface area contributed by atoms with Gasteiger partial charge in [-0.1, -0.05) is 151 Å². The highest BCUT2D eigenvalue weighted by molar-refractivity contribution is 6.15. The van der Waals surface area contributed by atoms with Crippen LogP contribution >= 0.6 is 0 Å². The van der Waals surface area contributed by atoms with E-state index in [0.29, 0.717) is 0 Å². The lowest BCUT2D eigenvalue weighted by Gasteiger charge is -2.28. The molecule has 0 radical (unpaired) electrons. The van der Waals surface area contributed by atoms with Crippen LogP contribution in [0.3, 0.4) is 0 Å². The van der Waals surface area contributed by atoms with Gasteiger partial charge in [0, 0.05) is 67.8 Å².